The van der Waals surface area contributed by atoms with E-state index < -0.39 is 64.0 Å². The molecule has 0 saturated carbocycles. The highest BCUT2D eigenvalue weighted by Gasteiger charge is 2.49. The molecule has 0 unspecified atom stereocenters. The van der Waals surface area contributed by atoms with Crippen molar-refractivity contribution in [3.05, 3.63) is 292 Å². The van der Waals surface area contributed by atoms with Crippen LogP contribution in [0.4, 0.5) is 0 Å². The zero-order valence-electron chi connectivity index (χ0n) is 68.2. The van der Waals surface area contributed by atoms with E-state index >= 15 is 0 Å². The molecule has 0 radical (unpaired) electrons. The third-order valence-electron chi connectivity index (χ3n) is 26.8. The molecule has 9 aliphatic rings. The second-order valence-electron chi connectivity index (χ2n) is 32.2. The molecule has 105 heavy (non-hydrogen) atoms. The molecule has 6 aromatic carbocycles. The molecule has 0 aliphatic heterocycles. The molecule has 15 rings (SSSR count). The standard InChI is InChI=1S/C49H68O3Si3.C46H62O2Si2/c1-11-53(12-2,13-3)50-46-31-32-49(52-55(17-7,18-8)19-9)38-45(46)41-22-20-21-40(37-41)39-23-25-42(26-24-39)47(10)33-35-48(36-34-47,43-27-29-44(49)30-28-43)51-54(14-4,15-5)16-6;1-11-49(12-2,13-3)47-45(32-34-46(35-33-45,42-19-17-18-38(8)36-42)48-50(14-4,15-5)16-6)41-26-24-40(25-27-41)44(10)30-28-43(9,29-31-44)39-22-20-37(7)21-23-39/h20-38,46H,11-19H2,1-10H3;17-36H,11-16H2,1-10H3/t46-,47?,48?,49+;/m1./s1. The van der Waals surface area contributed by atoms with Crippen LogP contribution in [0.3, 0.4) is 0 Å². The first kappa shape index (κ1) is 81.6. The van der Waals surface area contributed by atoms with Crippen molar-refractivity contribution < 1.29 is 22.1 Å². The Labute approximate surface area is 642 Å². The number of hydrogen-bond acceptors (Lipinski definition) is 5. The highest BCUT2D eigenvalue weighted by molar-refractivity contribution is 6.75. The summed E-state index contributed by atoms with van der Waals surface area (Å²) in [5.41, 5.74) is 12.8. The number of allylic oxidation sites excluding steroid dienone is 6. The molecule has 0 fully saturated rings. The Kier molecular flexibility index (Phi) is 25.8. The second kappa shape index (κ2) is 33.1. The zero-order chi connectivity index (χ0) is 75.8. The Morgan fingerprint density at radius 3 is 0.952 bits per heavy atom. The van der Waals surface area contributed by atoms with Crippen LogP contribution in [0.2, 0.25) is 90.7 Å². The number of benzene rings is 6. The third kappa shape index (κ3) is 16.4. The summed E-state index contributed by atoms with van der Waals surface area (Å²) in [6.07, 6.45) is 35.5. The minimum atomic E-state index is -2.12. The van der Waals surface area contributed by atoms with E-state index in [4.69, 9.17) is 22.1 Å². The van der Waals surface area contributed by atoms with Crippen molar-refractivity contribution >= 4 is 47.2 Å². The van der Waals surface area contributed by atoms with Gasteiger partial charge in [0.15, 0.2) is 41.6 Å². The minimum absolute atomic E-state index is 0.114. The molecule has 2 atom stereocenters. The van der Waals surface area contributed by atoms with Crippen molar-refractivity contribution in [1.82, 2.24) is 0 Å². The average molecular weight is 1490 g/mol. The van der Waals surface area contributed by atoms with E-state index in [9.17, 15) is 0 Å². The summed E-state index contributed by atoms with van der Waals surface area (Å²) in [6.45, 7) is 46.2. The molecule has 6 aromatic rings. The minimum Gasteiger partial charge on any atom is -0.407 e. The van der Waals surface area contributed by atoms with Gasteiger partial charge in [-0.15, -0.1) is 0 Å². The quantitative estimate of drug-likeness (QED) is 0.0346. The van der Waals surface area contributed by atoms with Gasteiger partial charge >= 0.3 is 0 Å². The number of hydrogen-bond donors (Lipinski definition) is 0. The maximum absolute atomic E-state index is 7.76. The summed E-state index contributed by atoms with van der Waals surface area (Å²) in [7, 11) is -10.1. The average Bonchev–Trinajstić information content (AvgIpc) is 0.587. The molecular weight excluding hydrogens is 1360 g/mol. The van der Waals surface area contributed by atoms with Gasteiger partial charge in [-0.3, -0.25) is 0 Å². The maximum Gasteiger partial charge on any atom is 0.194 e. The molecule has 5 nitrogen and oxygen atoms in total. The predicted octanol–water partition coefficient (Wildman–Crippen LogP) is 27.1. The van der Waals surface area contributed by atoms with Crippen LogP contribution in [0.25, 0.3) is 16.7 Å². The molecule has 0 amide bonds. The largest absolute Gasteiger partial charge is 0.407 e. The van der Waals surface area contributed by atoms with E-state index in [2.05, 4.69) is 375 Å². The summed E-state index contributed by atoms with van der Waals surface area (Å²) < 4.78 is 37.7. The van der Waals surface area contributed by atoms with E-state index in [1.807, 2.05) is 0 Å². The highest BCUT2D eigenvalue weighted by atomic mass is 28.4. The molecular formula is C95H130O5Si5. The predicted molar refractivity (Wildman–Crippen MR) is 463 cm³/mol. The third-order valence-corrected chi connectivity index (χ3v) is 49.9. The fourth-order valence-corrected chi connectivity index (χ4v) is 31.7. The van der Waals surface area contributed by atoms with Gasteiger partial charge in [0.2, 0.25) is 0 Å². The van der Waals surface area contributed by atoms with Crippen LogP contribution < -0.4 is 0 Å². The molecule has 0 saturated heterocycles. The normalized spacial score (nSPS) is 25.5. The lowest BCUT2D eigenvalue weighted by Gasteiger charge is -2.46. The summed E-state index contributed by atoms with van der Waals surface area (Å²) >= 11 is 0. The molecule has 0 aromatic heterocycles. The monoisotopic (exact) mass is 1490 g/mol. The van der Waals surface area contributed by atoms with Crippen molar-refractivity contribution in [2.24, 2.45) is 0 Å². The van der Waals surface area contributed by atoms with E-state index in [1.165, 1.54) is 72.3 Å². The first-order chi connectivity index (χ1) is 50.2. The van der Waals surface area contributed by atoms with Crippen molar-refractivity contribution in [3.63, 3.8) is 0 Å². The molecule has 10 bridgehead atoms. The zero-order valence-corrected chi connectivity index (χ0v) is 73.2. The number of rotatable bonds is 29. The fraction of sp³-hybridized carbons (Fsp3) is 0.453. The molecule has 10 heteroatoms. The Morgan fingerprint density at radius 1 is 0.267 bits per heavy atom. The lowest BCUT2D eigenvalue weighted by molar-refractivity contribution is 0.121. The van der Waals surface area contributed by atoms with Crippen LogP contribution >= 0.6 is 0 Å². The van der Waals surface area contributed by atoms with Crippen molar-refractivity contribution in [2.45, 2.75) is 274 Å². The maximum atomic E-state index is 7.76. The SMILES string of the molecule is CC[Si](CC)(CC)OC1(c2ccc(C3(C)C=CC(C)(c4ccc(C)cc4)C=C3)cc2)C=CC(O[Si](CC)(CC)CC)(c2cccc(C)c2)C=C1.CC[Si](CC)(CC)O[C@@H]1C=C[C@]2(O[Si](CC)(CC)CC)C=C1c1cccc(c1)-c1ccc(cc1)C1(C)C=CC(O[Si](CC)(CC)CC)(C=C1)c1ccc2cc1. The van der Waals surface area contributed by atoms with Crippen LogP contribution in [0.5, 0.6) is 0 Å². The lowest BCUT2D eigenvalue weighted by Crippen LogP contribution is -2.48. The molecule has 0 N–H and O–H groups in total. The smallest absolute Gasteiger partial charge is 0.194 e. The summed E-state index contributed by atoms with van der Waals surface area (Å²) in [4.78, 5) is 0. The Balaban J connectivity index is 0.000000226. The van der Waals surface area contributed by atoms with E-state index in [0.29, 0.717) is 0 Å². The molecule has 0 heterocycles. The van der Waals surface area contributed by atoms with Crippen LogP contribution in [0.1, 0.15) is 180 Å². The second-order valence-corrected chi connectivity index (χ2v) is 55.7. The van der Waals surface area contributed by atoms with Crippen molar-refractivity contribution in [3.8, 4) is 11.1 Å². The highest BCUT2D eigenvalue weighted by Crippen LogP contribution is 2.51. The van der Waals surface area contributed by atoms with Crippen molar-refractivity contribution in [2.75, 3.05) is 0 Å². The van der Waals surface area contributed by atoms with Gasteiger partial charge in [-0.1, -0.05) is 297 Å². The first-order valence-electron chi connectivity index (χ1n) is 40.9. The summed E-state index contributed by atoms with van der Waals surface area (Å²) in [5.74, 6) is 0. The number of aryl methyl sites for hydroxylation is 2. The molecule has 0 spiro atoms. The Morgan fingerprint density at radius 2 is 0.571 bits per heavy atom. The van der Waals surface area contributed by atoms with Gasteiger partial charge in [0, 0.05) is 16.2 Å². The van der Waals surface area contributed by atoms with Gasteiger partial charge in [0.25, 0.3) is 0 Å². The van der Waals surface area contributed by atoms with Gasteiger partial charge in [0.05, 0.1) is 6.10 Å². The Bertz CT molecular complexity index is 4070. The van der Waals surface area contributed by atoms with E-state index in [0.717, 1.165) is 90.7 Å². The Hall–Kier alpha value is -5.88. The summed E-state index contributed by atoms with van der Waals surface area (Å²) in [5, 5.41) is 0. The van der Waals surface area contributed by atoms with Gasteiger partial charge < -0.3 is 22.1 Å². The van der Waals surface area contributed by atoms with Crippen LogP contribution in [0, 0.1) is 13.8 Å². The van der Waals surface area contributed by atoms with Crippen molar-refractivity contribution in [1.29, 1.82) is 0 Å². The van der Waals surface area contributed by atoms with Gasteiger partial charge in [-0.05, 0) is 241 Å². The van der Waals surface area contributed by atoms with Crippen LogP contribution in [-0.4, -0.2) is 47.7 Å². The topological polar surface area (TPSA) is 46.2 Å². The molecule has 560 valence electrons. The van der Waals surface area contributed by atoms with E-state index in [-0.39, 0.29) is 22.3 Å². The lowest BCUT2D eigenvalue weighted by atomic mass is 9.70. The first-order valence-corrected chi connectivity index (χ1v) is 53.6. The van der Waals surface area contributed by atoms with Gasteiger partial charge in [-0.25, -0.2) is 0 Å². The van der Waals surface area contributed by atoms with Crippen LogP contribution in [0.15, 0.2) is 237 Å². The van der Waals surface area contributed by atoms with E-state index in [1.54, 1.807) is 0 Å². The van der Waals surface area contributed by atoms with Gasteiger partial charge in [-0.2, -0.15) is 0 Å². The molecule has 9 aliphatic carbocycles. The fourth-order valence-electron chi connectivity index (χ4n) is 17.3. The summed E-state index contributed by atoms with van der Waals surface area (Å²) in [6, 6.07) is 71.1. The van der Waals surface area contributed by atoms with Gasteiger partial charge in [0.1, 0.15) is 22.4 Å². The van der Waals surface area contributed by atoms with Crippen LogP contribution in [-0.2, 0) is 60.8 Å².